The van der Waals surface area contributed by atoms with E-state index in [1.165, 1.54) is 35.0 Å². The third kappa shape index (κ3) is 1.98. The number of hydrogen-bond acceptors (Lipinski definition) is 1. The molecule has 0 saturated heterocycles. The molecule has 0 aliphatic heterocycles. The van der Waals surface area contributed by atoms with E-state index < -0.39 is 0 Å². The Kier molecular flexibility index (Phi) is 2.67. The van der Waals surface area contributed by atoms with Gasteiger partial charge in [-0.25, -0.2) is 0 Å². The van der Waals surface area contributed by atoms with E-state index in [-0.39, 0.29) is 0 Å². The van der Waals surface area contributed by atoms with Crippen LogP contribution in [-0.2, 0) is 13.1 Å². The molecule has 1 heterocycles. The van der Waals surface area contributed by atoms with Crippen LogP contribution < -0.4 is 5.32 Å². The van der Waals surface area contributed by atoms with Gasteiger partial charge in [-0.1, -0.05) is 12.1 Å². The van der Waals surface area contributed by atoms with Crippen LogP contribution in [0.4, 0.5) is 0 Å². The Morgan fingerprint density at radius 2 is 2.18 bits per heavy atom. The molecular formula is C15H20N2. The minimum Gasteiger partial charge on any atom is -0.344 e. The molecule has 2 aromatic rings. The second kappa shape index (κ2) is 4.19. The molecule has 1 N–H and O–H groups in total. The van der Waals surface area contributed by atoms with Gasteiger partial charge in [0.2, 0.25) is 0 Å². The number of benzene rings is 1. The molecule has 1 saturated carbocycles. The molecule has 2 nitrogen and oxygen atoms in total. The minimum atomic E-state index is 0.777. The first-order chi connectivity index (χ1) is 8.29. The van der Waals surface area contributed by atoms with Crippen LogP contribution in [0, 0.1) is 6.92 Å². The number of hydrogen-bond donors (Lipinski definition) is 1. The van der Waals surface area contributed by atoms with Gasteiger partial charge in [0.15, 0.2) is 0 Å². The average molecular weight is 228 g/mol. The van der Waals surface area contributed by atoms with E-state index in [9.17, 15) is 0 Å². The van der Waals surface area contributed by atoms with Gasteiger partial charge in [0, 0.05) is 35.7 Å². The van der Waals surface area contributed by atoms with Crippen LogP contribution in [0.15, 0.2) is 24.3 Å². The summed E-state index contributed by atoms with van der Waals surface area (Å²) in [5, 5.41) is 5.01. The van der Waals surface area contributed by atoms with E-state index in [0.717, 1.165) is 19.1 Å². The Labute approximate surface area is 103 Å². The van der Waals surface area contributed by atoms with Crippen LogP contribution in [-0.4, -0.2) is 10.6 Å². The molecule has 90 valence electrons. The Bertz CT molecular complexity index is 535. The zero-order chi connectivity index (χ0) is 11.8. The highest BCUT2D eigenvalue weighted by Crippen LogP contribution is 2.24. The van der Waals surface area contributed by atoms with Gasteiger partial charge in [-0.3, -0.25) is 0 Å². The van der Waals surface area contributed by atoms with Crippen molar-refractivity contribution in [2.45, 2.75) is 45.8 Å². The summed E-state index contributed by atoms with van der Waals surface area (Å²) in [6.07, 6.45) is 2.71. The van der Waals surface area contributed by atoms with Crippen LogP contribution in [0.1, 0.15) is 31.0 Å². The number of fused-ring (bicyclic) bond motifs is 1. The maximum Gasteiger partial charge on any atom is 0.0485 e. The highest BCUT2D eigenvalue weighted by atomic mass is 15.0. The zero-order valence-corrected chi connectivity index (χ0v) is 10.7. The molecule has 1 aliphatic carbocycles. The van der Waals surface area contributed by atoms with Crippen LogP contribution in [0.3, 0.4) is 0 Å². The number of aromatic nitrogens is 1. The second-order valence-corrected chi connectivity index (χ2v) is 5.04. The average Bonchev–Trinajstić information content (AvgIpc) is 3.08. The predicted octanol–water partition coefficient (Wildman–Crippen LogP) is 3.22. The van der Waals surface area contributed by atoms with Gasteiger partial charge in [0.25, 0.3) is 0 Å². The van der Waals surface area contributed by atoms with Crippen molar-refractivity contribution >= 4 is 10.9 Å². The molecular weight excluding hydrogens is 208 g/mol. The van der Waals surface area contributed by atoms with E-state index in [4.69, 9.17) is 0 Å². The van der Waals surface area contributed by atoms with Crippen LogP contribution >= 0.6 is 0 Å². The van der Waals surface area contributed by atoms with E-state index in [2.05, 4.69) is 48.0 Å². The van der Waals surface area contributed by atoms with Crippen molar-refractivity contribution in [3.63, 3.8) is 0 Å². The maximum absolute atomic E-state index is 3.61. The lowest BCUT2D eigenvalue weighted by molar-refractivity contribution is 0.634. The Hall–Kier alpha value is -1.28. The van der Waals surface area contributed by atoms with Gasteiger partial charge in [-0.2, -0.15) is 0 Å². The summed E-state index contributed by atoms with van der Waals surface area (Å²) in [5.74, 6) is 0. The van der Waals surface area contributed by atoms with Crippen molar-refractivity contribution in [2.75, 3.05) is 0 Å². The quantitative estimate of drug-likeness (QED) is 0.850. The Morgan fingerprint density at radius 1 is 1.35 bits per heavy atom. The Morgan fingerprint density at radius 3 is 2.88 bits per heavy atom. The molecule has 0 spiro atoms. The zero-order valence-electron chi connectivity index (χ0n) is 10.7. The summed E-state index contributed by atoms with van der Waals surface area (Å²) in [7, 11) is 0. The molecule has 1 aromatic carbocycles. The van der Waals surface area contributed by atoms with Crippen LogP contribution in [0.2, 0.25) is 0 Å². The molecule has 0 radical (unpaired) electrons. The van der Waals surface area contributed by atoms with Crippen LogP contribution in [0.25, 0.3) is 10.9 Å². The fourth-order valence-corrected chi connectivity index (χ4v) is 2.54. The molecule has 17 heavy (non-hydrogen) atoms. The van der Waals surface area contributed by atoms with E-state index >= 15 is 0 Å². The van der Waals surface area contributed by atoms with Crippen molar-refractivity contribution in [1.82, 2.24) is 9.88 Å². The fraction of sp³-hybridized carbons (Fsp3) is 0.467. The van der Waals surface area contributed by atoms with Crippen molar-refractivity contribution in [2.24, 2.45) is 0 Å². The highest BCUT2D eigenvalue weighted by Gasteiger charge is 2.20. The monoisotopic (exact) mass is 228 g/mol. The van der Waals surface area contributed by atoms with Gasteiger partial charge in [-0.05, 0) is 44.4 Å². The minimum absolute atomic E-state index is 0.777. The highest BCUT2D eigenvalue weighted by molar-refractivity contribution is 5.84. The van der Waals surface area contributed by atoms with E-state index in [1.54, 1.807) is 0 Å². The fourth-order valence-electron chi connectivity index (χ4n) is 2.54. The van der Waals surface area contributed by atoms with Gasteiger partial charge in [-0.15, -0.1) is 0 Å². The third-order valence-electron chi connectivity index (χ3n) is 3.71. The summed E-state index contributed by atoms with van der Waals surface area (Å²) < 4.78 is 2.43. The van der Waals surface area contributed by atoms with E-state index in [0.29, 0.717) is 0 Å². The first kappa shape index (κ1) is 10.8. The molecule has 1 aromatic heterocycles. The molecule has 1 aliphatic rings. The number of nitrogens with zero attached hydrogens (tertiary/aromatic N) is 1. The predicted molar refractivity (Wildman–Crippen MR) is 72.2 cm³/mol. The lowest BCUT2D eigenvalue weighted by atomic mass is 10.1. The molecule has 2 heteroatoms. The van der Waals surface area contributed by atoms with Gasteiger partial charge in [0.1, 0.15) is 0 Å². The van der Waals surface area contributed by atoms with Gasteiger partial charge < -0.3 is 9.88 Å². The van der Waals surface area contributed by atoms with Crippen molar-refractivity contribution in [3.05, 3.63) is 35.5 Å². The number of nitrogens with one attached hydrogen (secondary N) is 1. The van der Waals surface area contributed by atoms with Crippen molar-refractivity contribution < 1.29 is 0 Å². The first-order valence-corrected chi connectivity index (χ1v) is 6.60. The lowest BCUT2D eigenvalue weighted by Gasteiger charge is -2.08. The summed E-state index contributed by atoms with van der Waals surface area (Å²) >= 11 is 0. The van der Waals surface area contributed by atoms with Crippen LogP contribution in [0.5, 0.6) is 0 Å². The van der Waals surface area contributed by atoms with Gasteiger partial charge in [0.05, 0.1) is 0 Å². The van der Waals surface area contributed by atoms with E-state index in [1.807, 2.05) is 0 Å². The number of aryl methyl sites for hydroxylation is 2. The summed E-state index contributed by atoms with van der Waals surface area (Å²) in [6, 6.07) is 9.71. The maximum atomic E-state index is 3.61. The molecule has 0 atom stereocenters. The SMILES string of the molecule is CCn1c(CNC2CC2)cc2c(C)cccc21. The summed E-state index contributed by atoms with van der Waals surface area (Å²) in [4.78, 5) is 0. The first-order valence-electron chi connectivity index (χ1n) is 6.60. The third-order valence-corrected chi connectivity index (χ3v) is 3.71. The normalized spacial score (nSPS) is 15.6. The topological polar surface area (TPSA) is 17.0 Å². The summed E-state index contributed by atoms with van der Waals surface area (Å²) in [6.45, 7) is 6.48. The molecule has 0 amide bonds. The smallest absolute Gasteiger partial charge is 0.0485 e. The Balaban J connectivity index is 2.00. The lowest BCUT2D eigenvalue weighted by Crippen LogP contribution is -2.17. The molecule has 1 fully saturated rings. The molecule has 3 rings (SSSR count). The number of rotatable bonds is 4. The standard InChI is InChI=1S/C15H20N2/c1-3-17-13(10-16-12-7-8-12)9-14-11(2)5-4-6-15(14)17/h4-6,9,12,16H,3,7-8,10H2,1-2H3. The second-order valence-electron chi connectivity index (χ2n) is 5.04. The largest absolute Gasteiger partial charge is 0.344 e. The molecule has 0 bridgehead atoms. The van der Waals surface area contributed by atoms with Crippen molar-refractivity contribution in [3.8, 4) is 0 Å². The van der Waals surface area contributed by atoms with Crippen molar-refractivity contribution in [1.29, 1.82) is 0 Å². The summed E-state index contributed by atoms with van der Waals surface area (Å²) in [5.41, 5.74) is 4.17. The van der Waals surface area contributed by atoms with Gasteiger partial charge >= 0.3 is 0 Å². The molecule has 0 unspecified atom stereocenters.